The molecular weight excluding hydrogens is 433 g/mol. The number of pyridine rings is 1. The largest absolute Gasteiger partial charge is 0.480 e. The molecule has 7 nitrogen and oxygen atoms in total. The van der Waals surface area contributed by atoms with Crippen molar-refractivity contribution in [1.29, 1.82) is 0 Å². The van der Waals surface area contributed by atoms with Gasteiger partial charge in [0.05, 0.1) is 0 Å². The summed E-state index contributed by atoms with van der Waals surface area (Å²) in [6.45, 7) is 1.23. The predicted molar refractivity (Wildman–Crippen MR) is 103 cm³/mol. The standard InChI is InChI=1S/C19H19BrFN3O4/c1-11(25)23-15(9-12-5-2-3-7-14(12)21)18(26)24-16(19(27)28)10-13-6-4-8-22-17(13)20/h2-8,15-16H,9-10H2,1H3,(H,23,25)(H,24,26)(H,27,28)/t15-,16+/m1/s1. The molecule has 0 unspecified atom stereocenters. The summed E-state index contributed by atoms with van der Waals surface area (Å²) in [5.74, 6) is -2.96. The Morgan fingerprint density at radius 2 is 1.71 bits per heavy atom. The summed E-state index contributed by atoms with van der Waals surface area (Å²) in [6.07, 6.45) is 1.42. The third kappa shape index (κ3) is 6.12. The van der Waals surface area contributed by atoms with Gasteiger partial charge in [0.2, 0.25) is 11.8 Å². The van der Waals surface area contributed by atoms with Crippen molar-refractivity contribution in [2.45, 2.75) is 31.8 Å². The first-order valence-electron chi connectivity index (χ1n) is 8.41. The van der Waals surface area contributed by atoms with Crippen LogP contribution >= 0.6 is 15.9 Å². The van der Waals surface area contributed by atoms with E-state index in [1.807, 2.05) is 0 Å². The highest BCUT2D eigenvalue weighted by atomic mass is 79.9. The maximum absolute atomic E-state index is 13.9. The molecule has 0 aliphatic heterocycles. The Hall–Kier alpha value is -2.81. The smallest absolute Gasteiger partial charge is 0.326 e. The predicted octanol–water partition coefficient (Wildman–Crippen LogP) is 1.84. The Morgan fingerprint density at radius 1 is 1.07 bits per heavy atom. The number of hydrogen-bond acceptors (Lipinski definition) is 4. The van der Waals surface area contributed by atoms with Crippen LogP contribution in [-0.2, 0) is 27.2 Å². The van der Waals surface area contributed by atoms with Crippen molar-refractivity contribution < 1.29 is 23.9 Å². The molecule has 0 aliphatic carbocycles. The number of rotatable bonds is 8. The second-order valence-electron chi connectivity index (χ2n) is 6.11. The number of hydrogen-bond donors (Lipinski definition) is 3. The molecule has 2 amide bonds. The number of carboxylic acid groups (broad SMARTS) is 1. The summed E-state index contributed by atoms with van der Waals surface area (Å²) in [5.41, 5.74) is 0.832. The van der Waals surface area contributed by atoms with Gasteiger partial charge in [-0.05, 0) is 39.2 Å². The summed E-state index contributed by atoms with van der Waals surface area (Å²) in [6, 6.07) is 6.85. The van der Waals surface area contributed by atoms with E-state index in [4.69, 9.17) is 0 Å². The zero-order valence-corrected chi connectivity index (χ0v) is 16.6. The van der Waals surface area contributed by atoms with Gasteiger partial charge in [-0.2, -0.15) is 0 Å². The monoisotopic (exact) mass is 451 g/mol. The number of aromatic nitrogens is 1. The number of aliphatic carboxylic acids is 1. The molecular formula is C19H19BrFN3O4. The molecule has 9 heteroatoms. The van der Waals surface area contributed by atoms with Crippen LogP contribution in [0.2, 0.25) is 0 Å². The van der Waals surface area contributed by atoms with Crippen molar-refractivity contribution in [3.63, 3.8) is 0 Å². The van der Waals surface area contributed by atoms with Gasteiger partial charge >= 0.3 is 5.97 Å². The Bertz CT molecular complexity index is 878. The van der Waals surface area contributed by atoms with Crippen LogP contribution < -0.4 is 10.6 Å². The number of carbonyl (C=O) groups is 3. The Kier molecular flexibility index (Phi) is 7.62. The Labute approximate surface area is 169 Å². The number of halogens is 2. The van der Waals surface area contributed by atoms with Crippen molar-refractivity contribution in [2.75, 3.05) is 0 Å². The first-order valence-corrected chi connectivity index (χ1v) is 9.20. The van der Waals surface area contributed by atoms with Crippen LogP contribution in [0.5, 0.6) is 0 Å². The molecule has 1 aromatic heterocycles. The van der Waals surface area contributed by atoms with Crippen molar-refractivity contribution in [3.05, 3.63) is 64.1 Å². The van der Waals surface area contributed by atoms with E-state index in [1.54, 1.807) is 24.4 Å². The van der Waals surface area contributed by atoms with Crippen molar-refractivity contribution in [1.82, 2.24) is 15.6 Å². The average molecular weight is 452 g/mol. The molecule has 0 fully saturated rings. The van der Waals surface area contributed by atoms with Crippen LogP contribution in [0.25, 0.3) is 0 Å². The van der Waals surface area contributed by atoms with Gasteiger partial charge in [0.15, 0.2) is 0 Å². The fourth-order valence-corrected chi connectivity index (χ4v) is 3.01. The van der Waals surface area contributed by atoms with Gasteiger partial charge in [0.25, 0.3) is 0 Å². The van der Waals surface area contributed by atoms with E-state index >= 15 is 0 Å². The molecule has 2 aromatic rings. The van der Waals surface area contributed by atoms with E-state index in [1.165, 1.54) is 25.1 Å². The van der Waals surface area contributed by atoms with Crippen molar-refractivity contribution in [2.24, 2.45) is 0 Å². The molecule has 0 radical (unpaired) electrons. The lowest BCUT2D eigenvalue weighted by atomic mass is 10.0. The van der Waals surface area contributed by atoms with E-state index in [9.17, 15) is 23.9 Å². The maximum atomic E-state index is 13.9. The van der Waals surface area contributed by atoms with Crippen LogP contribution in [-0.4, -0.2) is 40.0 Å². The third-order valence-corrected chi connectivity index (χ3v) is 4.66. The number of amides is 2. The molecule has 0 saturated heterocycles. The number of nitrogens with one attached hydrogen (secondary N) is 2. The number of carbonyl (C=O) groups excluding carboxylic acids is 2. The van der Waals surface area contributed by atoms with Crippen LogP contribution in [0.3, 0.4) is 0 Å². The van der Waals surface area contributed by atoms with E-state index in [0.29, 0.717) is 10.2 Å². The van der Waals surface area contributed by atoms with Gasteiger partial charge in [-0.15, -0.1) is 0 Å². The topological polar surface area (TPSA) is 108 Å². The Balaban J connectivity index is 2.17. The van der Waals surface area contributed by atoms with Gasteiger partial charge in [0, 0.05) is 26.0 Å². The third-order valence-electron chi connectivity index (χ3n) is 3.95. The van der Waals surface area contributed by atoms with Crippen LogP contribution in [0.15, 0.2) is 47.2 Å². The fraction of sp³-hybridized carbons (Fsp3) is 0.263. The normalized spacial score (nSPS) is 12.7. The van der Waals surface area contributed by atoms with Gasteiger partial charge in [-0.1, -0.05) is 24.3 Å². The lowest BCUT2D eigenvalue weighted by Crippen LogP contribution is -2.52. The minimum absolute atomic E-state index is 0.0119. The van der Waals surface area contributed by atoms with E-state index in [-0.39, 0.29) is 18.4 Å². The summed E-state index contributed by atoms with van der Waals surface area (Å²) in [5, 5.41) is 14.3. The van der Waals surface area contributed by atoms with Gasteiger partial charge < -0.3 is 15.7 Å². The highest BCUT2D eigenvalue weighted by Gasteiger charge is 2.27. The van der Waals surface area contributed by atoms with E-state index in [0.717, 1.165) is 0 Å². The fourth-order valence-electron chi connectivity index (χ4n) is 2.60. The maximum Gasteiger partial charge on any atom is 0.326 e. The molecule has 2 rings (SSSR count). The highest BCUT2D eigenvalue weighted by Crippen LogP contribution is 2.15. The van der Waals surface area contributed by atoms with Crippen LogP contribution in [0, 0.1) is 5.82 Å². The molecule has 148 valence electrons. The lowest BCUT2D eigenvalue weighted by molar-refractivity contribution is -0.142. The molecule has 0 bridgehead atoms. The van der Waals surface area contributed by atoms with Crippen molar-refractivity contribution >= 4 is 33.7 Å². The van der Waals surface area contributed by atoms with Crippen LogP contribution in [0.4, 0.5) is 4.39 Å². The van der Waals surface area contributed by atoms with Crippen molar-refractivity contribution in [3.8, 4) is 0 Å². The summed E-state index contributed by atoms with van der Waals surface area (Å²) < 4.78 is 14.4. The number of benzene rings is 1. The minimum Gasteiger partial charge on any atom is -0.480 e. The molecule has 0 saturated carbocycles. The molecule has 0 aliphatic rings. The average Bonchev–Trinajstić information content (AvgIpc) is 2.63. The summed E-state index contributed by atoms with van der Waals surface area (Å²) >= 11 is 3.24. The first kappa shape index (κ1) is 21.5. The quantitative estimate of drug-likeness (QED) is 0.530. The summed E-state index contributed by atoms with van der Waals surface area (Å²) in [7, 11) is 0. The second kappa shape index (κ2) is 9.93. The number of nitrogens with zero attached hydrogens (tertiary/aromatic N) is 1. The lowest BCUT2D eigenvalue weighted by Gasteiger charge is -2.21. The molecule has 28 heavy (non-hydrogen) atoms. The van der Waals surface area contributed by atoms with E-state index in [2.05, 4.69) is 31.5 Å². The van der Waals surface area contributed by atoms with E-state index < -0.39 is 35.7 Å². The molecule has 3 N–H and O–H groups in total. The number of carboxylic acids is 1. The molecule has 0 spiro atoms. The minimum atomic E-state index is -1.25. The first-order chi connectivity index (χ1) is 13.3. The molecule has 2 atom stereocenters. The zero-order chi connectivity index (χ0) is 20.7. The zero-order valence-electron chi connectivity index (χ0n) is 15.0. The van der Waals surface area contributed by atoms with Gasteiger partial charge in [-0.3, -0.25) is 9.59 Å². The van der Waals surface area contributed by atoms with Crippen LogP contribution in [0.1, 0.15) is 18.1 Å². The Morgan fingerprint density at radius 3 is 2.32 bits per heavy atom. The second-order valence-corrected chi connectivity index (χ2v) is 6.86. The van der Waals surface area contributed by atoms with Gasteiger partial charge in [0.1, 0.15) is 22.5 Å². The SMILES string of the molecule is CC(=O)N[C@H](Cc1ccccc1F)C(=O)N[C@@H](Cc1cccnc1Br)C(=O)O. The molecule has 1 aromatic carbocycles. The molecule has 1 heterocycles. The summed E-state index contributed by atoms with van der Waals surface area (Å²) in [4.78, 5) is 39.8. The van der Waals surface area contributed by atoms with Gasteiger partial charge in [-0.25, -0.2) is 14.2 Å². The highest BCUT2D eigenvalue weighted by molar-refractivity contribution is 9.10.